The number of hydrogen-bond acceptors (Lipinski definition) is 2. The minimum absolute atomic E-state index is 0.401. The van der Waals surface area contributed by atoms with Crippen LogP contribution in [0.25, 0.3) is 0 Å². The molecule has 116 valence electrons. The van der Waals surface area contributed by atoms with Crippen LogP contribution in [0.1, 0.15) is 0 Å². The van der Waals surface area contributed by atoms with Gasteiger partial charge in [0.05, 0.1) is 7.61 Å². The molecule has 0 fully saturated rings. The molecule has 1 N–H and O–H groups in total. The highest BCUT2D eigenvalue weighted by Crippen LogP contribution is 2.71. The Kier molecular flexibility index (Phi) is 4.93. The Bertz CT molecular complexity index is 753. The molecule has 0 heterocycles. The Morgan fingerprint density at radius 2 is 1.09 bits per heavy atom. The summed E-state index contributed by atoms with van der Waals surface area (Å²) in [6.07, 6.45) is 0. The highest BCUT2D eigenvalue weighted by atomic mass is 32.1. The number of rotatable bonds is 5. The summed E-state index contributed by atoms with van der Waals surface area (Å²) in [6.45, 7) is 0. The molecule has 0 radical (unpaired) electrons. The molecule has 0 aliphatic carbocycles. The van der Waals surface area contributed by atoms with E-state index in [0.29, 0.717) is 5.75 Å². The van der Waals surface area contributed by atoms with E-state index in [4.69, 9.17) is 4.52 Å². The van der Waals surface area contributed by atoms with Crippen LogP contribution in [0.4, 0.5) is 0 Å². The van der Waals surface area contributed by atoms with Crippen molar-refractivity contribution >= 4 is 25.5 Å². The van der Waals surface area contributed by atoms with Crippen molar-refractivity contribution in [1.29, 1.82) is 0 Å². The fraction of sp³-hybridized carbons (Fsp3) is 0. The van der Waals surface area contributed by atoms with Crippen molar-refractivity contribution in [2.75, 3.05) is 0 Å². The van der Waals surface area contributed by atoms with Crippen molar-refractivity contribution < 1.29 is 14.0 Å². The van der Waals surface area contributed by atoms with Gasteiger partial charge in [0.15, 0.2) is 0 Å². The SMILES string of the molecule is O=P(O)(Oc1ccccc1)P(c1ccccc1)c1ccccc1. The molecule has 0 bridgehead atoms. The summed E-state index contributed by atoms with van der Waals surface area (Å²) in [5, 5.41) is 1.63. The molecule has 0 spiro atoms. The summed E-state index contributed by atoms with van der Waals surface area (Å²) in [4.78, 5) is 10.7. The molecule has 0 saturated heterocycles. The monoisotopic (exact) mass is 342 g/mol. The second-order valence-electron chi connectivity index (χ2n) is 4.88. The van der Waals surface area contributed by atoms with Gasteiger partial charge in [-0.3, -0.25) is 0 Å². The summed E-state index contributed by atoms with van der Waals surface area (Å²) in [6, 6.07) is 27.5. The Labute approximate surface area is 136 Å². The van der Waals surface area contributed by atoms with Crippen LogP contribution in [0.5, 0.6) is 5.75 Å². The molecule has 5 heteroatoms. The van der Waals surface area contributed by atoms with E-state index in [9.17, 15) is 9.46 Å². The maximum Gasteiger partial charge on any atom is 0.404 e. The zero-order valence-electron chi connectivity index (χ0n) is 12.3. The molecule has 3 nitrogen and oxygen atoms in total. The van der Waals surface area contributed by atoms with Crippen LogP contribution in [0.3, 0.4) is 0 Å². The van der Waals surface area contributed by atoms with Gasteiger partial charge < -0.3 is 9.42 Å². The molecule has 1 unspecified atom stereocenters. The van der Waals surface area contributed by atoms with E-state index in [2.05, 4.69) is 0 Å². The molecule has 0 aromatic heterocycles. The summed E-state index contributed by atoms with van der Waals surface area (Å²) in [5.74, 6) is 0.401. The van der Waals surface area contributed by atoms with Gasteiger partial charge in [0.1, 0.15) is 5.75 Å². The first-order chi connectivity index (χ1) is 11.2. The lowest BCUT2D eigenvalue weighted by atomic mass is 10.3. The van der Waals surface area contributed by atoms with Gasteiger partial charge in [-0.25, -0.2) is 4.57 Å². The van der Waals surface area contributed by atoms with Crippen LogP contribution >= 0.6 is 14.9 Å². The summed E-state index contributed by atoms with van der Waals surface area (Å²) in [7, 11) is -5.43. The van der Waals surface area contributed by atoms with Crippen LogP contribution in [0, 0.1) is 0 Å². The standard InChI is InChI=1S/C18H16O3P2/c19-23(20,21-16-10-4-1-5-11-16)22(17-12-6-2-7-13-17)18-14-8-3-9-15-18/h1-15H,(H,19,20). The van der Waals surface area contributed by atoms with Crippen molar-refractivity contribution in [2.45, 2.75) is 0 Å². The van der Waals surface area contributed by atoms with Gasteiger partial charge in [-0.05, 0) is 22.7 Å². The highest BCUT2D eigenvalue weighted by molar-refractivity contribution is 8.34. The first-order valence-electron chi connectivity index (χ1n) is 7.15. The average molecular weight is 342 g/mol. The first-order valence-corrected chi connectivity index (χ1v) is 10.8. The van der Waals surface area contributed by atoms with Crippen molar-refractivity contribution in [2.24, 2.45) is 0 Å². The molecular formula is C18H16O3P2. The second kappa shape index (κ2) is 7.10. The van der Waals surface area contributed by atoms with Crippen LogP contribution in [0.15, 0.2) is 91.0 Å². The predicted octanol–water partition coefficient (Wildman–Crippen LogP) is 4.30. The molecular weight excluding hydrogens is 326 g/mol. The summed E-state index contributed by atoms with van der Waals surface area (Å²) < 4.78 is 18.6. The smallest absolute Gasteiger partial charge is 0.404 e. The van der Waals surface area contributed by atoms with Gasteiger partial charge in [0, 0.05) is 0 Å². The van der Waals surface area contributed by atoms with Crippen molar-refractivity contribution in [3.8, 4) is 5.75 Å². The van der Waals surface area contributed by atoms with Gasteiger partial charge >= 0.3 is 7.28 Å². The number of hydrogen-bond donors (Lipinski definition) is 1. The quantitative estimate of drug-likeness (QED) is 0.703. The van der Waals surface area contributed by atoms with E-state index in [1.807, 2.05) is 66.7 Å². The van der Waals surface area contributed by atoms with Gasteiger partial charge in [-0.2, -0.15) is 0 Å². The van der Waals surface area contributed by atoms with Crippen molar-refractivity contribution in [1.82, 2.24) is 0 Å². The maximum atomic E-state index is 13.0. The van der Waals surface area contributed by atoms with E-state index >= 15 is 0 Å². The maximum absolute atomic E-state index is 13.0. The molecule has 23 heavy (non-hydrogen) atoms. The molecule has 0 amide bonds. The molecule has 0 saturated carbocycles. The molecule has 1 atom stereocenters. The Morgan fingerprint density at radius 3 is 1.52 bits per heavy atom. The zero-order valence-corrected chi connectivity index (χ0v) is 14.1. The van der Waals surface area contributed by atoms with Crippen molar-refractivity contribution in [3.05, 3.63) is 91.0 Å². The van der Waals surface area contributed by atoms with E-state index in [1.165, 1.54) is 0 Å². The van der Waals surface area contributed by atoms with Crippen molar-refractivity contribution in [3.63, 3.8) is 0 Å². The lowest BCUT2D eigenvalue weighted by Crippen LogP contribution is -2.13. The lowest BCUT2D eigenvalue weighted by molar-refractivity contribution is 0.401. The Morgan fingerprint density at radius 1 is 0.696 bits per heavy atom. The van der Waals surface area contributed by atoms with Crippen LogP contribution < -0.4 is 15.1 Å². The fourth-order valence-corrected chi connectivity index (χ4v) is 7.59. The fourth-order valence-electron chi connectivity index (χ4n) is 2.24. The summed E-state index contributed by atoms with van der Waals surface area (Å²) in [5.41, 5.74) is 0. The topological polar surface area (TPSA) is 46.5 Å². The minimum atomic E-state index is -3.90. The molecule has 0 aliphatic heterocycles. The van der Waals surface area contributed by atoms with E-state index in [-0.39, 0.29) is 0 Å². The van der Waals surface area contributed by atoms with Crippen LogP contribution in [-0.4, -0.2) is 4.89 Å². The minimum Gasteiger partial charge on any atom is -0.421 e. The third-order valence-electron chi connectivity index (χ3n) is 3.22. The third-order valence-corrected chi connectivity index (χ3v) is 8.90. The van der Waals surface area contributed by atoms with Crippen LogP contribution in [-0.2, 0) is 4.57 Å². The Balaban J connectivity index is 2.03. The van der Waals surface area contributed by atoms with Gasteiger partial charge in [0.2, 0.25) is 0 Å². The van der Waals surface area contributed by atoms with E-state index in [1.54, 1.807) is 24.3 Å². The number of benzene rings is 3. The van der Waals surface area contributed by atoms with E-state index < -0.39 is 14.9 Å². The third kappa shape index (κ3) is 3.89. The molecule has 3 aromatic carbocycles. The Hall–Kier alpha value is -1.92. The largest absolute Gasteiger partial charge is 0.421 e. The zero-order chi connectivity index (χ0) is 16.1. The second-order valence-corrected chi connectivity index (χ2v) is 10.4. The molecule has 3 aromatic rings. The summed E-state index contributed by atoms with van der Waals surface area (Å²) >= 11 is 0. The molecule has 0 aliphatic rings. The normalized spacial score (nSPS) is 13.5. The average Bonchev–Trinajstić information content (AvgIpc) is 2.57. The number of para-hydroxylation sites is 1. The first kappa shape index (κ1) is 16.0. The van der Waals surface area contributed by atoms with E-state index in [0.717, 1.165) is 10.6 Å². The molecule has 3 rings (SSSR count). The lowest BCUT2D eigenvalue weighted by Gasteiger charge is -2.23. The van der Waals surface area contributed by atoms with Gasteiger partial charge in [-0.1, -0.05) is 78.9 Å². The van der Waals surface area contributed by atoms with Gasteiger partial charge in [-0.15, -0.1) is 0 Å². The predicted molar refractivity (Wildman–Crippen MR) is 96.0 cm³/mol. The van der Waals surface area contributed by atoms with Gasteiger partial charge in [0.25, 0.3) is 0 Å². The van der Waals surface area contributed by atoms with Crippen LogP contribution in [0.2, 0.25) is 0 Å². The highest BCUT2D eigenvalue weighted by Gasteiger charge is 2.36.